The second-order valence-electron chi connectivity index (χ2n) is 7.39. The van der Waals surface area contributed by atoms with Crippen LogP contribution in [-0.2, 0) is 7.05 Å². The molecule has 30 heavy (non-hydrogen) atoms. The van der Waals surface area contributed by atoms with Crippen molar-refractivity contribution in [3.63, 3.8) is 0 Å². The first-order valence-electron chi connectivity index (χ1n) is 10.1. The van der Waals surface area contributed by atoms with E-state index in [1.165, 1.54) is 44.9 Å². The Kier molecular flexibility index (Phi) is 5.83. The van der Waals surface area contributed by atoms with E-state index in [2.05, 4.69) is 25.5 Å². The van der Waals surface area contributed by atoms with Crippen molar-refractivity contribution >= 4 is 17.4 Å². The first-order valence-corrected chi connectivity index (χ1v) is 10.1. The Morgan fingerprint density at radius 2 is 1.77 bits per heavy atom. The van der Waals surface area contributed by atoms with Gasteiger partial charge in [0.2, 0.25) is 0 Å². The third-order valence-corrected chi connectivity index (χ3v) is 5.19. The maximum Gasteiger partial charge on any atom is 0.276 e. The highest BCUT2D eigenvalue weighted by Gasteiger charge is 2.13. The van der Waals surface area contributed by atoms with Crippen LogP contribution in [0.2, 0.25) is 0 Å². The third-order valence-electron chi connectivity index (χ3n) is 5.19. The van der Waals surface area contributed by atoms with Gasteiger partial charge >= 0.3 is 0 Å². The zero-order chi connectivity index (χ0) is 20.9. The van der Waals surface area contributed by atoms with Crippen LogP contribution in [0.3, 0.4) is 0 Å². The van der Waals surface area contributed by atoms with E-state index in [9.17, 15) is 9.59 Å². The second kappa shape index (κ2) is 8.86. The number of aromatic nitrogens is 4. The summed E-state index contributed by atoms with van der Waals surface area (Å²) in [6.07, 6.45) is 4.93. The molecule has 1 saturated heterocycles. The topological polar surface area (TPSA) is 93.0 Å². The van der Waals surface area contributed by atoms with Gasteiger partial charge in [-0.1, -0.05) is 25.0 Å². The number of aryl methyl sites for hydroxylation is 1. The van der Waals surface area contributed by atoms with Crippen LogP contribution in [0.15, 0.2) is 53.3 Å². The summed E-state index contributed by atoms with van der Waals surface area (Å²) in [5.41, 5.74) is 2.12. The minimum Gasteiger partial charge on any atom is -0.355 e. The summed E-state index contributed by atoms with van der Waals surface area (Å²) >= 11 is 0. The number of rotatable bonds is 4. The first kappa shape index (κ1) is 19.8. The molecule has 1 aliphatic rings. The Balaban J connectivity index is 1.49. The Morgan fingerprint density at radius 1 is 0.967 bits per heavy atom. The molecule has 0 radical (unpaired) electrons. The van der Waals surface area contributed by atoms with Crippen molar-refractivity contribution in [3.05, 3.63) is 64.6 Å². The molecule has 8 heteroatoms. The maximum atomic E-state index is 12.5. The maximum absolute atomic E-state index is 12.5. The zero-order valence-corrected chi connectivity index (χ0v) is 16.9. The Labute approximate surface area is 174 Å². The van der Waals surface area contributed by atoms with Gasteiger partial charge in [-0.25, -0.2) is 4.68 Å². The number of carbonyl (C=O) groups is 1. The molecule has 0 saturated carbocycles. The van der Waals surface area contributed by atoms with E-state index >= 15 is 0 Å². The minimum absolute atomic E-state index is 0.170. The van der Waals surface area contributed by atoms with E-state index in [4.69, 9.17) is 0 Å². The summed E-state index contributed by atoms with van der Waals surface area (Å²) in [5.74, 6) is 0.524. The number of nitrogens with one attached hydrogen (secondary N) is 1. The van der Waals surface area contributed by atoms with Crippen LogP contribution in [0.4, 0.5) is 11.5 Å². The van der Waals surface area contributed by atoms with Crippen molar-refractivity contribution in [3.8, 4) is 11.3 Å². The minimum atomic E-state index is -0.384. The van der Waals surface area contributed by atoms with Crippen molar-refractivity contribution in [1.82, 2.24) is 20.0 Å². The highest BCUT2D eigenvalue weighted by atomic mass is 16.2. The average Bonchev–Trinajstić information content (AvgIpc) is 3.05. The van der Waals surface area contributed by atoms with E-state index in [1.807, 2.05) is 30.3 Å². The fourth-order valence-corrected chi connectivity index (χ4v) is 3.52. The van der Waals surface area contributed by atoms with Crippen molar-refractivity contribution < 1.29 is 4.79 Å². The van der Waals surface area contributed by atoms with E-state index < -0.39 is 0 Å². The summed E-state index contributed by atoms with van der Waals surface area (Å²) < 4.78 is 1.13. The van der Waals surface area contributed by atoms with Gasteiger partial charge < -0.3 is 10.2 Å². The largest absolute Gasteiger partial charge is 0.355 e. The number of hydrogen-bond donors (Lipinski definition) is 1. The lowest BCUT2D eigenvalue weighted by Crippen LogP contribution is -2.25. The number of hydrogen-bond acceptors (Lipinski definition) is 6. The van der Waals surface area contributed by atoms with Gasteiger partial charge in [0.15, 0.2) is 5.82 Å². The number of carbonyl (C=O) groups excluding carboxylic acids is 1. The van der Waals surface area contributed by atoms with E-state index in [0.29, 0.717) is 5.69 Å². The van der Waals surface area contributed by atoms with Gasteiger partial charge in [0, 0.05) is 37.5 Å². The van der Waals surface area contributed by atoms with E-state index in [0.717, 1.165) is 34.8 Å². The molecule has 4 rings (SSSR count). The van der Waals surface area contributed by atoms with Gasteiger partial charge in [-0.05, 0) is 43.2 Å². The van der Waals surface area contributed by atoms with Crippen molar-refractivity contribution in [2.45, 2.75) is 25.7 Å². The monoisotopic (exact) mass is 404 g/mol. The van der Waals surface area contributed by atoms with Crippen LogP contribution in [0.25, 0.3) is 11.3 Å². The van der Waals surface area contributed by atoms with Crippen LogP contribution >= 0.6 is 0 Å². The summed E-state index contributed by atoms with van der Waals surface area (Å²) in [4.78, 5) is 26.2. The van der Waals surface area contributed by atoms with Crippen LogP contribution in [0.1, 0.15) is 36.2 Å². The molecule has 1 aliphatic heterocycles. The molecule has 154 valence electrons. The molecule has 1 N–H and O–H groups in total. The number of amides is 1. The zero-order valence-electron chi connectivity index (χ0n) is 16.9. The third kappa shape index (κ3) is 4.53. The van der Waals surface area contributed by atoms with Crippen LogP contribution < -0.4 is 15.8 Å². The highest BCUT2D eigenvalue weighted by molar-refractivity contribution is 6.03. The SMILES string of the molecule is Cn1nc(C(=O)Nc2cccc(-c3ccc(N4CCCCCC4)nn3)c2)ccc1=O. The van der Waals surface area contributed by atoms with Crippen molar-refractivity contribution in [2.75, 3.05) is 23.3 Å². The molecule has 8 nitrogen and oxygen atoms in total. The number of anilines is 2. The Morgan fingerprint density at radius 3 is 2.47 bits per heavy atom. The van der Waals surface area contributed by atoms with Gasteiger partial charge in [0.1, 0.15) is 5.69 Å². The first-order chi connectivity index (χ1) is 14.6. The molecule has 0 aliphatic carbocycles. The molecule has 0 spiro atoms. The lowest BCUT2D eigenvalue weighted by Gasteiger charge is -2.20. The fourth-order valence-electron chi connectivity index (χ4n) is 3.52. The van der Waals surface area contributed by atoms with Gasteiger partial charge in [0.05, 0.1) is 5.69 Å². The average molecular weight is 404 g/mol. The molecule has 1 amide bonds. The molecular weight excluding hydrogens is 380 g/mol. The van der Waals surface area contributed by atoms with E-state index in [1.54, 1.807) is 6.07 Å². The predicted molar refractivity (Wildman–Crippen MR) is 116 cm³/mol. The summed E-state index contributed by atoms with van der Waals surface area (Å²) in [5, 5.41) is 15.6. The molecule has 0 atom stereocenters. The summed E-state index contributed by atoms with van der Waals surface area (Å²) in [6.45, 7) is 2.04. The van der Waals surface area contributed by atoms with Gasteiger partial charge in [-0.15, -0.1) is 10.2 Å². The molecule has 1 aromatic carbocycles. The van der Waals surface area contributed by atoms with Crippen LogP contribution in [-0.4, -0.2) is 39.0 Å². The number of benzene rings is 1. The molecule has 0 bridgehead atoms. The lowest BCUT2D eigenvalue weighted by molar-refractivity contribution is 0.102. The van der Waals surface area contributed by atoms with E-state index in [-0.39, 0.29) is 17.2 Å². The summed E-state index contributed by atoms with van der Waals surface area (Å²) in [6, 6.07) is 14.1. The van der Waals surface area contributed by atoms with Gasteiger partial charge in [0.25, 0.3) is 11.5 Å². The van der Waals surface area contributed by atoms with Crippen molar-refractivity contribution in [1.29, 1.82) is 0 Å². The van der Waals surface area contributed by atoms with Crippen LogP contribution in [0, 0.1) is 0 Å². The molecule has 3 aromatic rings. The second-order valence-corrected chi connectivity index (χ2v) is 7.39. The molecular formula is C22H24N6O2. The highest BCUT2D eigenvalue weighted by Crippen LogP contribution is 2.23. The Hall–Kier alpha value is -3.55. The normalized spacial score (nSPS) is 14.2. The quantitative estimate of drug-likeness (QED) is 0.719. The summed E-state index contributed by atoms with van der Waals surface area (Å²) in [7, 11) is 1.51. The van der Waals surface area contributed by atoms with Gasteiger partial charge in [-0.3, -0.25) is 9.59 Å². The Bertz CT molecular complexity index is 1090. The standard InChI is InChI=1S/C22H24N6O2/c1-27-21(29)12-10-19(26-27)22(30)23-17-8-6-7-16(15-17)18-9-11-20(25-24-18)28-13-4-2-3-5-14-28/h6-12,15H,2-5,13-14H2,1H3,(H,23,30). The predicted octanol–water partition coefficient (Wildman–Crippen LogP) is 2.87. The molecule has 1 fully saturated rings. The molecule has 2 aromatic heterocycles. The smallest absolute Gasteiger partial charge is 0.276 e. The van der Waals surface area contributed by atoms with Gasteiger partial charge in [-0.2, -0.15) is 5.10 Å². The van der Waals surface area contributed by atoms with Crippen LogP contribution in [0.5, 0.6) is 0 Å². The number of nitrogens with zero attached hydrogens (tertiary/aromatic N) is 5. The lowest BCUT2D eigenvalue weighted by atomic mass is 10.1. The fraction of sp³-hybridized carbons (Fsp3) is 0.318. The molecule has 3 heterocycles. The molecule has 0 unspecified atom stereocenters. The van der Waals surface area contributed by atoms with Crippen molar-refractivity contribution in [2.24, 2.45) is 7.05 Å².